The van der Waals surface area contributed by atoms with Crippen LogP contribution in [-0.4, -0.2) is 26.5 Å². The lowest BCUT2D eigenvalue weighted by molar-refractivity contribution is 0.172. The van der Waals surface area contributed by atoms with E-state index >= 15 is 0 Å². The molecule has 18 heavy (non-hydrogen) atoms. The molecule has 0 radical (unpaired) electrons. The predicted molar refractivity (Wildman–Crippen MR) is 77.2 cm³/mol. The Bertz CT molecular complexity index is 327. The van der Waals surface area contributed by atoms with Crippen LogP contribution in [0.5, 0.6) is 0 Å². The number of hydrogen-bond donors (Lipinski definition) is 1. The molecule has 108 valence electrons. The van der Waals surface area contributed by atoms with Gasteiger partial charge in [-0.05, 0) is 43.6 Å². The molecule has 4 heteroatoms. The first-order valence-corrected chi connectivity index (χ1v) is 9.25. The molecule has 3 nitrogen and oxygen atoms in total. The van der Waals surface area contributed by atoms with E-state index in [0.717, 1.165) is 18.9 Å². The van der Waals surface area contributed by atoms with E-state index in [1.165, 1.54) is 32.1 Å². The summed E-state index contributed by atoms with van der Waals surface area (Å²) < 4.78 is 23.2. The maximum Gasteiger partial charge on any atom is 0.150 e. The Hall–Kier alpha value is -0.0900. The van der Waals surface area contributed by atoms with Crippen molar-refractivity contribution >= 4 is 9.84 Å². The normalized spacial score (nSPS) is 29.4. The Morgan fingerprint density at radius 3 is 2.39 bits per heavy atom. The van der Waals surface area contributed by atoms with Gasteiger partial charge in [-0.15, -0.1) is 0 Å². The first kappa shape index (κ1) is 16.0. The van der Waals surface area contributed by atoms with Gasteiger partial charge in [0.1, 0.15) is 9.84 Å². The van der Waals surface area contributed by atoms with E-state index in [1.54, 1.807) is 6.92 Å². The molecule has 0 aliphatic heterocycles. The minimum Gasteiger partial charge on any atom is -0.330 e. The van der Waals surface area contributed by atoms with Gasteiger partial charge in [0.2, 0.25) is 0 Å². The van der Waals surface area contributed by atoms with Gasteiger partial charge in [0, 0.05) is 5.75 Å². The lowest BCUT2D eigenvalue weighted by Gasteiger charge is -2.35. The topological polar surface area (TPSA) is 60.2 Å². The van der Waals surface area contributed by atoms with Crippen LogP contribution in [-0.2, 0) is 9.84 Å². The van der Waals surface area contributed by atoms with Crippen LogP contribution in [0.3, 0.4) is 0 Å². The maximum absolute atomic E-state index is 11.6. The van der Waals surface area contributed by atoms with E-state index in [0.29, 0.717) is 17.6 Å². The lowest BCUT2D eigenvalue weighted by Crippen LogP contribution is -2.31. The molecule has 0 amide bonds. The van der Waals surface area contributed by atoms with Crippen molar-refractivity contribution in [1.82, 2.24) is 0 Å². The average Bonchev–Trinajstić information content (AvgIpc) is 2.37. The van der Waals surface area contributed by atoms with Gasteiger partial charge in [-0.2, -0.15) is 0 Å². The second kappa shape index (κ2) is 7.49. The Morgan fingerprint density at radius 2 is 1.83 bits per heavy atom. The minimum absolute atomic E-state index is 0.269. The van der Waals surface area contributed by atoms with Crippen LogP contribution in [0.4, 0.5) is 0 Å². The number of sulfone groups is 1. The van der Waals surface area contributed by atoms with E-state index in [2.05, 4.69) is 6.92 Å². The Morgan fingerprint density at radius 1 is 1.11 bits per heavy atom. The van der Waals surface area contributed by atoms with Crippen molar-refractivity contribution in [2.24, 2.45) is 23.5 Å². The quantitative estimate of drug-likeness (QED) is 0.777. The highest BCUT2D eigenvalue weighted by molar-refractivity contribution is 7.91. The molecular formula is C14H29NO2S. The molecule has 1 aliphatic carbocycles. The van der Waals surface area contributed by atoms with Crippen molar-refractivity contribution in [2.75, 3.05) is 18.1 Å². The van der Waals surface area contributed by atoms with Gasteiger partial charge < -0.3 is 5.73 Å². The fraction of sp³-hybridized carbons (Fsp3) is 1.00. The van der Waals surface area contributed by atoms with Crippen molar-refractivity contribution in [2.45, 2.75) is 52.4 Å². The van der Waals surface area contributed by atoms with Crippen LogP contribution in [0.15, 0.2) is 0 Å². The molecule has 0 saturated heterocycles. The van der Waals surface area contributed by atoms with E-state index in [9.17, 15) is 8.42 Å². The fourth-order valence-electron chi connectivity index (χ4n) is 3.23. The molecule has 0 heterocycles. The second-order valence-corrected chi connectivity index (χ2v) is 8.22. The highest BCUT2D eigenvalue weighted by Gasteiger charge is 2.29. The van der Waals surface area contributed by atoms with Gasteiger partial charge in [-0.25, -0.2) is 8.42 Å². The fourth-order valence-corrected chi connectivity index (χ4v) is 4.18. The molecule has 1 aliphatic rings. The van der Waals surface area contributed by atoms with Crippen LogP contribution < -0.4 is 5.73 Å². The third kappa shape index (κ3) is 4.88. The minimum atomic E-state index is -2.82. The first-order valence-electron chi connectivity index (χ1n) is 7.42. The molecule has 1 rings (SSSR count). The van der Waals surface area contributed by atoms with E-state index in [1.807, 2.05) is 0 Å². The van der Waals surface area contributed by atoms with Gasteiger partial charge in [0.15, 0.2) is 0 Å². The number of hydrogen-bond acceptors (Lipinski definition) is 3. The molecule has 0 bridgehead atoms. The summed E-state index contributed by atoms with van der Waals surface area (Å²) >= 11 is 0. The number of rotatable bonds is 7. The van der Waals surface area contributed by atoms with E-state index in [4.69, 9.17) is 5.73 Å². The largest absolute Gasteiger partial charge is 0.330 e. The third-order valence-electron chi connectivity index (χ3n) is 4.49. The summed E-state index contributed by atoms with van der Waals surface area (Å²) in [5.41, 5.74) is 5.84. The molecule has 0 aromatic carbocycles. The molecule has 0 aromatic rings. The molecule has 0 aromatic heterocycles. The van der Waals surface area contributed by atoms with Crippen molar-refractivity contribution in [1.29, 1.82) is 0 Å². The molecule has 3 atom stereocenters. The highest BCUT2D eigenvalue weighted by atomic mass is 32.2. The summed E-state index contributed by atoms with van der Waals surface area (Å²) in [6, 6.07) is 0. The summed E-state index contributed by atoms with van der Waals surface area (Å²) in [5, 5.41) is 0. The SMILES string of the molecule is CCCC1CCC(CN)C(CCS(=O)(=O)CC)C1. The molecule has 3 unspecified atom stereocenters. The van der Waals surface area contributed by atoms with Gasteiger partial charge in [0.25, 0.3) is 0 Å². The molecule has 1 saturated carbocycles. The highest BCUT2D eigenvalue weighted by Crippen LogP contribution is 2.37. The summed E-state index contributed by atoms with van der Waals surface area (Å²) in [6.45, 7) is 4.68. The van der Waals surface area contributed by atoms with Crippen molar-refractivity contribution in [3.8, 4) is 0 Å². The summed E-state index contributed by atoms with van der Waals surface area (Å²) in [6.07, 6.45) is 7.00. The van der Waals surface area contributed by atoms with Crippen LogP contribution in [0.2, 0.25) is 0 Å². The van der Waals surface area contributed by atoms with Crippen molar-refractivity contribution in [3.05, 3.63) is 0 Å². The van der Waals surface area contributed by atoms with Crippen LogP contribution in [0.25, 0.3) is 0 Å². The smallest absolute Gasteiger partial charge is 0.150 e. The molecular weight excluding hydrogens is 246 g/mol. The molecule has 1 fully saturated rings. The average molecular weight is 275 g/mol. The predicted octanol–water partition coefficient (Wildman–Crippen LogP) is 2.60. The second-order valence-electron chi connectivity index (χ2n) is 5.75. The van der Waals surface area contributed by atoms with Crippen LogP contribution in [0.1, 0.15) is 52.4 Å². The first-order chi connectivity index (χ1) is 8.52. The van der Waals surface area contributed by atoms with Gasteiger partial charge >= 0.3 is 0 Å². The lowest BCUT2D eigenvalue weighted by atomic mass is 9.72. The zero-order valence-corrected chi connectivity index (χ0v) is 12.7. The molecule has 2 N–H and O–H groups in total. The Kier molecular flexibility index (Phi) is 6.64. The van der Waals surface area contributed by atoms with Gasteiger partial charge in [-0.1, -0.05) is 33.1 Å². The Balaban J connectivity index is 2.52. The maximum atomic E-state index is 11.6. The Labute approximate surface area is 112 Å². The summed E-state index contributed by atoms with van der Waals surface area (Å²) in [4.78, 5) is 0. The third-order valence-corrected chi connectivity index (χ3v) is 6.22. The summed E-state index contributed by atoms with van der Waals surface area (Å²) in [5.74, 6) is 2.49. The zero-order valence-electron chi connectivity index (χ0n) is 11.9. The zero-order chi connectivity index (χ0) is 13.6. The van der Waals surface area contributed by atoms with E-state index < -0.39 is 9.84 Å². The molecule has 0 spiro atoms. The van der Waals surface area contributed by atoms with Gasteiger partial charge in [0.05, 0.1) is 5.75 Å². The van der Waals surface area contributed by atoms with E-state index in [-0.39, 0.29) is 5.75 Å². The monoisotopic (exact) mass is 275 g/mol. The number of nitrogens with two attached hydrogens (primary N) is 1. The van der Waals surface area contributed by atoms with Gasteiger partial charge in [-0.3, -0.25) is 0 Å². The van der Waals surface area contributed by atoms with Crippen molar-refractivity contribution in [3.63, 3.8) is 0 Å². The standard InChI is InChI=1S/C14H29NO2S/c1-3-5-12-6-7-14(11-15)13(10-12)8-9-18(16,17)4-2/h12-14H,3-11,15H2,1-2H3. The van der Waals surface area contributed by atoms with Crippen LogP contribution in [0, 0.1) is 17.8 Å². The summed E-state index contributed by atoms with van der Waals surface area (Å²) in [7, 11) is -2.82. The van der Waals surface area contributed by atoms with Crippen molar-refractivity contribution < 1.29 is 8.42 Å². The van der Waals surface area contributed by atoms with Crippen LogP contribution >= 0.6 is 0 Å².